The molecular formula is C94H154Br2N16O23P6S. The van der Waals surface area contributed by atoms with E-state index in [1.165, 1.54) is 39.9 Å². The lowest BCUT2D eigenvalue weighted by atomic mass is 10.0. The Morgan fingerprint density at radius 2 is 0.754 bits per heavy atom. The quantitative estimate of drug-likeness (QED) is 0.0263. The number of hydrogen-bond donors (Lipinski definition) is 15. The number of nitrogens with two attached hydrogens (primary N) is 4. The average Bonchev–Trinajstić information content (AvgIpc) is 2.29. The highest BCUT2D eigenvalue weighted by molar-refractivity contribution is 9.12. The van der Waals surface area contributed by atoms with E-state index >= 15 is 0 Å². The summed E-state index contributed by atoms with van der Waals surface area (Å²) in [5.41, 5.74) is 25.7. The number of aryl methyl sites for hydroxylation is 2. The van der Waals surface area contributed by atoms with Crippen LogP contribution in [-0.2, 0) is 68.8 Å². The van der Waals surface area contributed by atoms with Gasteiger partial charge in [0.1, 0.15) is 102 Å². The molecule has 12 rings (SSSR count). The fourth-order valence-corrected chi connectivity index (χ4v) is 22.5. The van der Waals surface area contributed by atoms with Gasteiger partial charge >= 0.3 is 11.9 Å². The summed E-state index contributed by atoms with van der Waals surface area (Å²) >= 11 is 11.8. The van der Waals surface area contributed by atoms with E-state index < -0.39 is 194 Å². The molecule has 1 aromatic rings. The number of rotatable bonds is 28. The standard InChI is InChI=1S/C18H28N3O5P.C17H28N3O5P.C15H24BrN2O3P.C15H26N3O4P.C15H25N2O3PS.C14H23BrN3O3P/c1-11-19-15(20-12(2)22)7-9-21(11)18-17(25-13(3)23)16(24)14(26-18)8-10-27(4,5)6;1-10-19-16(18)13(23-3)9-20(10)17-15(24-11(2)21)14(22)12(25-17)7-8-26(4,5)6;1-9-7-11(17)10(16)8-18(9)15-14(20)13(19)12(21-15)5-6-22(2,3)4;1-9-17-14(16)11(21-2)8-18(9)15-13(20)12(19)10(22-15)6-7-23(3,4)5;1-9-10(8-17(2)15(22)16-9)14-13(19)12(18)11(20-14)6-7-21(3,4)5;1-8-17-13(16)9(15)7-18(8)14-12(20)11(19)10(21-14)5-6-22(2,3)4/h7,9,14,16-18,24H,1,4,8,10H2,2-3,5-6H3,(H,19,20,22);9,12,14-15,17,22H,1,4,7-8H2,2-3,5-6H3,(H2,18,19);7-8,12-15,19-20H,1-2,5-6,17H2,3-4H3;8,10,12-13,15,19-20H,1,3,6-7H2,2,4-5H3,(H2,16,17);8,11-14,18-19H,3,6-7H2,1-2,4-5H3;7,10-12,14,19-20H,1-2,5-6H2,3-4H3,(H2,16,17)/t14-,16-,17-,18?;12-,14-,15-,17?;12-,13-,14-,15?;10-,12-,13-,15?;11-,12-,13-,14?;10-,11-,12-,14?/m111111/s1. The van der Waals surface area contributed by atoms with Gasteiger partial charge in [-0.15, -0.1) is 79.1 Å². The van der Waals surface area contributed by atoms with Crippen LogP contribution in [0.25, 0.3) is 0 Å². The van der Waals surface area contributed by atoms with Gasteiger partial charge in [0.15, 0.2) is 71.3 Å². The Balaban J connectivity index is 0.000000232. The molecule has 11 aliphatic rings. The zero-order valence-electron chi connectivity index (χ0n) is 85.1. The number of amidine groups is 4. The van der Waals surface area contributed by atoms with Crippen LogP contribution in [0, 0.1) is 11.7 Å². The Kier molecular flexibility index (Phi) is 44.5. The molecule has 6 unspecified atom stereocenters. The van der Waals surface area contributed by atoms with Crippen LogP contribution in [0.4, 0.5) is 0 Å². The maximum absolute atomic E-state index is 11.5. The Hall–Kier alpha value is -6.55. The summed E-state index contributed by atoms with van der Waals surface area (Å²) in [7, 11) is 4.75. The number of halogens is 2. The molecule has 11 aliphatic heterocycles. The van der Waals surface area contributed by atoms with E-state index in [0.717, 1.165) is 48.2 Å². The molecule has 6 saturated heterocycles. The molecule has 19 N–H and O–H groups in total. The highest BCUT2D eigenvalue weighted by Crippen LogP contribution is 2.47. The number of aliphatic hydroxyl groups is 10. The summed E-state index contributed by atoms with van der Waals surface area (Å²) < 4.78 is 60.1. The van der Waals surface area contributed by atoms with Crippen molar-refractivity contribution in [3.8, 4) is 0 Å². The number of carbonyl (C=O) groups is 3. The van der Waals surface area contributed by atoms with Crippen molar-refractivity contribution in [3.05, 3.63) is 153 Å². The number of aliphatic imine (C=N–C) groups is 4. The summed E-state index contributed by atoms with van der Waals surface area (Å²) in [5, 5.41) is 106. The lowest BCUT2D eigenvalue weighted by Gasteiger charge is -2.32. The number of aromatic nitrogens is 2. The first-order valence-corrected chi connectivity index (χ1v) is 66.1. The molecule has 798 valence electrons. The molecular weight excluding hydrogens is 2100 g/mol. The van der Waals surface area contributed by atoms with Crippen molar-refractivity contribution >= 4 is 164 Å². The van der Waals surface area contributed by atoms with E-state index in [1.807, 2.05) is 20.2 Å². The smallest absolute Gasteiger partial charge is 0.303 e. The lowest BCUT2D eigenvalue weighted by molar-refractivity contribution is -0.157. The number of ether oxygens (including phenoxy) is 10. The summed E-state index contributed by atoms with van der Waals surface area (Å²) in [6, 6.07) is 0. The van der Waals surface area contributed by atoms with E-state index in [2.05, 4.69) is 213 Å². The van der Waals surface area contributed by atoms with Crippen molar-refractivity contribution in [2.24, 2.45) is 50.0 Å². The first kappa shape index (κ1) is 122. The molecule has 0 radical (unpaired) electrons. The Labute approximate surface area is 858 Å². The van der Waals surface area contributed by atoms with E-state index in [0.29, 0.717) is 110 Å². The normalized spacial score (nSPS) is 30.6. The third-order valence-electron chi connectivity index (χ3n) is 23.7. The van der Waals surface area contributed by atoms with Crippen molar-refractivity contribution < 1.29 is 113 Å². The van der Waals surface area contributed by atoms with Crippen molar-refractivity contribution in [1.29, 1.82) is 0 Å². The van der Waals surface area contributed by atoms with E-state index in [9.17, 15) is 65.4 Å². The minimum atomic E-state index is -1.28. The maximum Gasteiger partial charge on any atom is 0.303 e. The first-order chi connectivity index (χ1) is 65.4. The van der Waals surface area contributed by atoms with Crippen LogP contribution in [0.3, 0.4) is 0 Å². The molecule has 6 fully saturated rings. The second kappa shape index (κ2) is 51.6. The molecule has 0 saturated carbocycles. The molecule has 1 amide bonds. The van der Waals surface area contributed by atoms with Gasteiger partial charge in [-0.2, -0.15) is 0 Å². The van der Waals surface area contributed by atoms with Crippen LogP contribution in [0.15, 0.2) is 157 Å². The van der Waals surface area contributed by atoms with Crippen molar-refractivity contribution in [1.82, 2.24) is 39.4 Å². The number of nitrogens with one attached hydrogen (secondary N) is 1. The zero-order valence-corrected chi connectivity index (χ0v) is 94.4. The van der Waals surface area contributed by atoms with Gasteiger partial charge in [-0.3, -0.25) is 19.3 Å². The summed E-state index contributed by atoms with van der Waals surface area (Å²) in [4.78, 5) is 63.0. The van der Waals surface area contributed by atoms with E-state index in [4.69, 9.17) is 82.5 Å². The van der Waals surface area contributed by atoms with Gasteiger partial charge in [0.2, 0.25) is 5.91 Å². The van der Waals surface area contributed by atoms with Gasteiger partial charge in [-0.05, 0) is 219 Å². The SMILES string of the molecule is C=C1C=C(N)C(Br)=CN1C1O[C@H](CCP(=C)(C)C)[C@@H](O)[C@H]1O.C=C1N=C(N)C(Br)=CN1C1O[C@H](CCP(=C)(C)C)[C@@H](O)[C@H]1O.C=C1N=C(N)C(OC)=CN1C1O[C@H](CCP(=C)(C)C)[C@@H](O)[C@H]1O.C=C1N=C(N)C(OC)=CN1C1O[C@H](CCP(=C)(C)C)[C@@H](O)[C@H]1OC(C)=O.C=C1N=C(NC(C)=O)C=CN1C1O[C@H](CCP(=C)(C)C)[C@@H](O)[C@H]1OC(C)=O.C=P(C)(C)CC[C@H]1OC(c2cn(C)c(=S)nc2C)[C@H](O)[C@@H]1O. The van der Waals surface area contributed by atoms with Crippen molar-refractivity contribution in [2.45, 2.75) is 213 Å². The molecule has 1 aromatic heterocycles. The van der Waals surface area contributed by atoms with Crippen LogP contribution in [0.5, 0.6) is 0 Å². The number of aliphatic hydroxyl groups excluding tert-OH is 10. The van der Waals surface area contributed by atoms with E-state index in [1.54, 1.807) is 67.3 Å². The average molecular weight is 2250 g/mol. The minimum absolute atomic E-state index is 0.191. The highest BCUT2D eigenvalue weighted by atomic mass is 79.9. The van der Waals surface area contributed by atoms with Crippen LogP contribution >= 0.6 is 85.4 Å². The molecule has 12 heterocycles. The molecule has 0 aliphatic carbocycles. The topological polar surface area (TPSA) is 545 Å². The molecule has 0 bridgehead atoms. The largest absolute Gasteiger partial charge is 0.491 e. The fraction of sp³-hybridized carbons (Fsp3) is 0.585. The van der Waals surface area contributed by atoms with Gasteiger partial charge in [-0.25, -0.2) is 25.0 Å². The Bertz CT molecular complexity index is 5380. The number of hydrogen-bond acceptors (Lipinski definition) is 38. The monoisotopic (exact) mass is 2250 g/mol. The van der Waals surface area contributed by atoms with Gasteiger partial charge in [0.05, 0.1) is 72.2 Å². The summed E-state index contributed by atoms with van der Waals surface area (Å²) in [6.45, 7) is 43.3. The second-order valence-electron chi connectivity index (χ2n) is 40.5. The van der Waals surface area contributed by atoms with Gasteiger partial charge in [0, 0.05) is 75.3 Å². The predicted octanol–water partition coefficient (Wildman–Crippen LogP) is 5.91. The maximum atomic E-state index is 11.5. The van der Waals surface area contributed by atoms with Crippen LogP contribution in [-0.4, -0.2) is 436 Å². The van der Waals surface area contributed by atoms with Gasteiger partial charge in [0.25, 0.3) is 0 Å². The molecule has 24 atom stereocenters. The van der Waals surface area contributed by atoms with Crippen LogP contribution in [0.2, 0.25) is 0 Å². The molecule has 39 nitrogen and oxygen atoms in total. The number of carbonyl (C=O) groups excluding carboxylic acids is 3. The lowest BCUT2D eigenvalue weighted by Crippen LogP contribution is -2.45. The summed E-state index contributed by atoms with van der Waals surface area (Å²) in [6.07, 6.45) is 29.1. The zero-order chi connectivity index (χ0) is 107. The van der Waals surface area contributed by atoms with Crippen molar-refractivity contribution in [3.63, 3.8) is 0 Å². The van der Waals surface area contributed by atoms with Gasteiger partial charge < -0.3 is 151 Å². The number of methoxy groups -OCH3 is 2. The van der Waals surface area contributed by atoms with Crippen molar-refractivity contribution in [2.75, 3.05) is 131 Å². The second-order valence-corrected chi connectivity index (χ2v) is 68.5. The van der Waals surface area contributed by atoms with E-state index in [-0.39, 0.29) is 23.7 Å². The highest BCUT2D eigenvalue weighted by Gasteiger charge is 2.54. The predicted molar refractivity (Wildman–Crippen MR) is 590 cm³/mol. The number of esters is 2. The van der Waals surface area contributed by atoms with Gasteiger partial charge in [-0.1, -0.05) is 32.9 Å². The third-order valence-corrected chi connectivity index (χ3v) is 34.2. The summed E-state index contributed by atoms with van der Waals surface area (Å²) in [5.74, 6) is 1.81. The molecule has 142 heavy (non-hydrogen) atoms. The first-order valence-electron chi connectivity index (χ1n) is 45.8. The Morgan fingerprint density at radius 3 is 1.11 bits per heavy atom. The molecule has 0 aromatic carbocycles. The fourth-order valence-electron chi connectivity index (χ4n) is 15.9. The number of amides is 1. The molecule has 48 heteroatoms. The minimum Gasteiger partial charge on any atom is -0.491 e. The third kappa shape index (κ3) is 35.0. The number of allylic oxidation sites excluding steroid dienone is 2. The number of nitrogens with zero attached hydrogens (tertiary/aromatic N) is 11. The Morgan fingerprint density at radius 1 is 0.444 bits per heavy atom. The van der Waals surface area contributed by atoms with Crippen LogP contribution < -0.4 is 28.3 Å². The molecule has 0 spiro atoms. The van der Waals surface area contributed by atoms with Crippen LogP contribution in [0.1, 0.15) is 76.7 Å².